The molecular formula is C27H25N3O2. The number of H-pyrrole nitrogens is 1. The molecule has 5 nitrogen and oxygen atoms in total. The molecule has 0 fully saturated rings. The highest BCUT2D eigenvalue weighted by Crippen LogP contribution is 2.25. The van der Waals surface area contributed by atoms with Crippen LogP contribution in [0.5, 0.6) is 0 Å². The summed E-state index contributed by atoms with van der Waals surface area (Å²) in [6.45, 7) is 0.955. The highest BCUT2D eigenvalue weighted by atomic mass is 16.2. The van der Waals surface area contributed by atoms with Crippen molar-refractivity contribution in [3.05, 3.63) is 107 Å². The molecule has 0 radical (unpaired) electrons. The molecule has 2 amide bonds. The lowest BCUT2D eigenvalue weighted by Crippen LogP contribution is -2.52. The largest absolute Gasteiger partial charge is 0.361 e. The van der Waals surface area contributed by atoms with Crippen LogP contribution in [-0.4, -0.2) is 34.3 Å². The fourth-order valence-electron chi connectivity index (χ4n) is 4.49. The Morgan fingerprint density at radius 3 is 2.47 bits per heavy atom. The van der Waals surface area contributed by atoms with Crippen LogP contribution in [0.4, 0.5) is 0 Å². The van der Waals surface area contributed by atoms with Gasteiger partial charge in [-0.1, -0.05) is 60.7 Å². The lowest BCUT2D eigenvalue weighted by atomic mass is 9.92. The molecule has 0 saturated carbocycles. The smallest absolute Gasteiger partial charge is 0.254 e. The number of carbonyl (C=O) groups excluding carboxylic acids is 2. The van der Waals surface area contributed by atoms with Gasteiger partial charge in [-0.25, -0.2) is 0 Å². The van der Waals surface area contributed by atoms with E-state index in [4.69, 9.17) is 0 Å². The monoisotopic (exact) mass is 423 g/mol. The van der Waals surface area contributed by atoms with Gasteiger partial charge in [-0.15, -0.1) is 0 Å². The zero-order valence-electron chi connectivity index (χ0n) is 17.8. The van der Waals surface area contributed by atoms with Gasteiger partial charge in [-0.2, -0.15) is 0 Å². The molecule has 0 saturated heterocycles. The SMILES string of the molecule is O=C(NCCc1c[nH]c2ccccc12)C1Cc2ccccc2CN1C(=O)c1ccccc1. The predicted octanol–water partition coefficient (Wildman–Crippen LogP) is 4.09. The second-order valence-corrected chi connectivity index (χ2v) is 8.19. The fraction of sp³-hybridized carbons (Fsp3) is 0.185. The Hall–Kier alpha value is -3.86. The molecule has 5 heteroatoms. The van der Waals surface area contributed by atoms with Crippen LogP contribution < -0.4 is 5.32 Å². The minimum absolute atomic E-state index is 0.108. The zero-order valence-corrected chi connectivity index (χ0v) is 17.8. The summed E-state index contributed by atoms with van der Waals surface area (Å²) in [5, 5.41) is 4.25. The molecule has 2 heterocycles. The van der Waals surface area contributed by atoms with Gasteiger partial charge < -0.3 is 15.2 Å². The standard InChI is InChI=1S/C27H25N3O2/c31-26(28-15-14-21-17-29-24-13-7-6-12-23(21)24)25-16-20-10-4-5-11-22(20)18-30(25)27(32)19-8-2-1-3-9-19/h1-13,17,25,29H,14-16,18H2,(H,28,31). The maximum absolute atomic E-state index is 13.3. The Labute approximate surface area is 187 Å². The van der Waals surface area contributed by atoms with Crippen molar-refractivity contribution in [3.63, 3.8) is 0 Å². The van der Waals surface area contributed by atoms with Crippen molar-refractivity contribution in [2.24, 2.45) is 0 Å². The molecule has 32 heavy (non-hydrogen) atoms. The van der Waals surface area contributed by atoms with Crippen LogP contribution in [0.1, 0.15) is 27.0 Å². The summed E-state index contributed by atoms with van der Waals surface area (Å²) in [6.07, 6.45) is 3.25. The summed E-state index contributed by atoms with van der Waals surface area (Å²) in [6, 6.07) is 24.9. The molecular weight excluding hydrogens is 398 g/mol. The van der Waals surface area contributed by atoms with E-state index in [1.165, 1.54) is 10.9 Å². The Balaban J connectivity index is 1.33. The predicted molar refractivity (Wildman–Crippen MR) is 125 cm³/mol. The number of nitrogens with one attached hydrogen (secondary N) is 2. The molecule has 1 aliphatic rings. The number of aromatic nitrogens is 1. The van der Waals surface area contributed by atoms with Crippen molar-refractivity contribution in [2.45, 2.75) is 25.4 Å². The second-order valence-electron chi connectivity index (χ2n) is 8.19. The Kier molecular flexibility index (Phi) is 5.46. The molecule has 160 valence electrons. The van der Waals surface area contributed by atoms with Crippen molar-refractivity contribution in [2.75, 3.05) is 6.54 Å². The average Bonchev–Trinajstić information content (AvgIpc) is 3.26. The minimum atomic E-state index is -0.527. The summed E-state index contributed by atoms with van der Waals surface area (Å²) >= 11 is 0. The molecule has 1 atom stereocenters. The van der Waals surface area contributed by atoms with Gasteiger partial charge in [-0.05, 0) is 41.3 Å². The van der Waals surface area contributed by atoms with Crippen molar-refractivity contribution in [1.29, 1.82) is 0 Å². The van der Waals surface area contributed by atoms with E-state index < -0.39 is 6.04 Å². The van der Waals surface area contributed by atoms with Crippen molar-refractivity contribution in [1.82, 2.24) is 15.2 Å². The number of amides is 2. The average molecular weight is 424 g/mol. The first-order valence-corrected chi connectivity index (χ1v) is 11.0. The number of fused-ring (bicyclic) bond motifs is 2. The molecule has 1 unspecified atom stereocenters. The molecule has 1 aliphatic heterocycles. The summed E-state index contributed by atoms with van der Waals surface area (Å²) in [5.74, 6) is -0.222. The van der Waals surface area contributed by atoms with Crippen LogP contribution in [0.15, 0.2) is 85.1 Å². The zero-order chi connectivity index (χ0) is 21.9. The maximum atomic E-state index is 13.3. The number of carbonyl (C=O) groups is 2. The van der Waals surface area contributed by atoms with Gasteiger partial charge in [0, 0.05) is 42.2 Å². The Morgan fingerprint density at radius 1 is 0.906 bits per heavy atom. The Morgan fingerprint density at radius 2 is 1.62 bits per heavy atom. The van der Waals surface area contributed by atoms with Crippen LogP contribution >= 0.6 is 0 Å². The fourth-order valence-corrected chi connectivity index (χ4v) is 4.49. The second kappa shape index (κ2) is 8.71. The summed E-state index contributed by atoms with van der Waals surface area (Å²) < 4.78 is 0. The summed E-state index contributed by atoms with van der Waals surface area (Å²) in [5.41, 5.74) is 5.09. The molecule has 5 rings (SSSR count). The molecule has 3 aromatic carbocycles. The van der Waals surface area contributed by atoms with E-state index in [0.717, 1.165) is 23.1 Å². The lowest BCUT2D eigenvalue weighted by molar-refractivity contribution is -0.126. The van der Waals surface area contributed by atoms with Crippen LogP contribution in [0.2, 0.25) is 0 Å². The number of benzene rings is 3. The van der Waals surface area contributed by atoms with Gasteiger partial charge in [0.05, 0.1) is 0 Å². The van der Waals surface area contributed by atoms with Gasteiger partial charge in [0.1, 0.15) is 6.04 Å². The highest BCUT2D eigenvalue weighted by molar-refractivity contribution is 5.98. The number of hydrogen-bond donors (Lipinski definition) is 2. The maximum Gasteiger partial charge on any atom is 0.254 e. The first-order valence-electron chi connectivity index (χ1n) is 11.0. The lowest BCUT2D eigenvalue weighted by Gasteiger charge is -2.36. The van der Waals surface area contributed by atoms with Gasteiger partial charge in [0.2, 0.25) is 5.91 Å². The third kappa shape index (κ3) is 3.89. The number of rotatable bonds is 5. The molecule has 0 aliphatic carbocycles. The molecule has 0 bridgehead atoms. The number of aromatic amines is 1. The van der Waals surface area contributed by atoms with E-state index in [-0.39, 0.29) is 11.8 Å². The van der Waals surface area contributed by atoms with E-state index in [9.17, 15) is 9.59 Å². The van der Waals surface area contributed by atoms with Crippen LogP contribution in [-0.2, 0) is 24.2 Å². The minimum Gasteiger partial charge on any atom is -0.361 e. The van der Waals surface area contributed by atoms with Gasteiger partial charge >= 0.3 is 0 Å². The van der Waals surface area contributed by atoms with E-state index in [1.807, 2.05) is 66.9 Å². The van der Waals surface area contributed by atoms with Crippen LogP contribution in [0.3, 0.4) is 0 Å². The van der Waals surface area contributed by atoms with Crippen molar-refractivity contribution in [3.8, 4) is 0 Å². The van der Waals surface area contributed by atoms with E-state index >= 15 is 0 Å². The number of hydrogen-bond acceptors (Lipinski definition) is 2. The normalized spacial score (nSPS) is 15.4. The highest BCUT2D eigenvalue weighted by Gasteiger charge is 2.34. The van der Waals surface area contributed by atoms with E-state index in [1.54, 1.807) is 17.0 Å². The number of nitrogens with zero attached hydrogens (tertiary/aromatic N) is 1. The third-order valence-electron chi connectivity index (χ3n) is 6.20. The van der Waals surface area contributed by atoms with E-state index in [0.29, 0.717) is 25.1 Å². The van der Waals surface area contributed by atoms with Gasteiger partial charge in [-0.3, -0.25) is 9.59 Å². The van der Waals surface area contributed by atoms with Crippen LogP contribution in [0.25, 0.3) is 10.9 Å². The first-order chi connectivity index (χ1) is 15.7. The number of para-hydroxylation sites is 1. The molecule has 0 spiro atoms. The third-order valence-corrected chi connectivity index (χ3v) is 6.20. The van der Waals surface area contributed by atoms with Crippen molar-refractivity contribution < 1.29 is 9.59 Å². The molecule has 2 N–H and O–H groups in total. The first kappa shape index (κ1) is 20.1. The summed E-state index contributed by atoms with van der Waals surface area (Å²) in [4.78, 5) is 31.5. The van der Waals surface area contributed by atoms with Crippen LogP contribution in [0, 0.1) is 0 Å². The molecule has 4 aromatic rings. The van der Waals surface area contributed by atoms with Gasteiger partial charge in [0.15, 0.2) is 0 Å². The van der Waals surface area contributed by atoms with Crippen molar-refractivity contribution >= 4 is 22.7 Å². The van der Waals surface area contributed by atoms with Gasteiger partial charge in [0.25, 0.3) is 5.91 Å². The quantitative estimate of drug-likeness (QED) is 0.508. The topological polar surface area (TPSA) is 65.2 Å². The summed E-state index contributed by atoms with van der Waals surface area (Å²) in [7, 11) is 0. The molecule has 1 aromatic heterocycles. The van der Waals surface area contributed by atoms with E-state index in [2.05, 4.69) is 16.4 Å². The Bertz CT molecular complexity index is 1260.